The Labute approximate surface area is 164 Å². The average molecular weight is 396 g/mol. The highest BCUT2D eigenvalue weighted by Gasteiger charge is 2.59. The first-order valence-electron chi connectivity index (χ1n) is 9.43. The van der Waals surface area contributed by atoms with Gasteiger partial charge in [-0.2, -0.15) is 0 Å². The largest absolute Gasteiger partial charge is 0.493 e. The van der Waals surface area contributed by atoms with Gasteiger partial charge in [-0.1, -0.05) is 0 Å². The lowest BCUT2D eigenvalue weighted by Crippen LogP contribution is -2.45. The zero-order chi connectivity index (χ0) is 20.1. The Bertz CT molecular complexity index is 718. The van der Waals surface area contributed by atoms with Crippen LogP contribution in [0.25, 0.3) is 0 Å². The first kappa shape index (κ1) is 19.7. The smallest absolute Gasteiger partial charge is 0.191 e. The van der Waals surface area contributed by atoms with E-state index in [4.69, 9.17) is 37.9 Å². The quantitative estimate of drug-likeness (QED) is 0.752. The molecular formula is C20H28O8. The number of fused-ring (bicyclic) bond motifs is 1. The molecule has 1 aromatic carbocycles. The van der Waals surface area contributed by atoms with E-state index >= 15 is 0 Å². The summed E-state index contributed by atoms with van der Waals surface area (Å²) in [4.78, 5) is 0. The van der Waals surface area contributed by atoms with Crippen molar-refractivity contribution in [3.05, 3.63) is 18.2 Å². The van der Waals surface area contributed by atoms with Crippen LogP contribution in [0.1, 0.15) is 27.7 Å². The molecule has 0 N–H and O–H groups in total. The van der Waals surface area contributed by atoms with Crippen molar-refractivity contribution in [3.63, 3.8) is 0 Å². The Hall–Kier alpha value is -1.58. The van der Waals surface area contributed by atoms with E-state index in [1.165, 1.54) is 0 Å². The molecular weight excluding hydrogens is 368 g/mol. The fourth-order valence-electron chi connectivity index (χ4n) is 3.86. The van der Waals surface area contributed by atoms with Gasteiger partial charge in [0.1, 0.15) is 18.0 Å². The molecule has 0 aliphatic carbocycles. The van der Waals surface area contributed by atoms with E-state index in [1.807, 2.05) is 33.8 Å². The third kappa shape index (κ3) is 3.67. The number of hydrogen-bond donors (Lipinski definition) is 0. The summed E-state index contributed by atoms with van der Waals surface area (Å²) in [5, 5.41) is 0. The van der Waals surface area contributed by atoms with Crippen LogP contribution < -0.4 is 14.2 Å². The predicted molar refractivity (Wildman–Crippen MR) is 97.6 cm³/mol. The Morgan fingerprint density at radius 3 is 2.29 bits per heavy atom. The summed E-state index contributed by atoms with van der Waals surface area (Å²) in [6.45, 7) is 7.88. The summed E-state index contributed by atoms with van der Waals surface area (Å²) in [6.07, 6.45) is -2.05. The molecule has 8 nitrogen and oxygen atoms in total. The molecule has 28 heavy (non-hydrogen) atoms. The fraction of sp³-hybridized carbons (Fsp3) is 0.700. The Morgan fingerprint density at radius 2 is 1.64 bits per heavy atom. The van der Waals surface area contributed by atoms with Gasteiger partial charge in [-0.05, 0) is 39.8 Å². The van der Waals surface area contributed by atoms with Gasteiger partial charge in [0.2, 0.25) is 0 Å². The number of rotatable bonds is 5. The van der Waals surface area contributed by atoms with Crippen molar-refractivity contribution in [2.75, 3.05) is 20.8 Å². The molecule has 0 bridgehead atoms. The molecule has 0 saturated carbocycles. The van der Waals surface area contributed by atoms with Crippen LogP contribution in [0.3, 0.4) is 0 Å². The summed E-state index contributed by atoms with van der Waals surface area (Å²) in [7, 11) is 3.18. The Morgan fingerprint density at radius 1 is 0.893 bits per heavy atom. The van der Waals surface area contributed by atoms with E-state index in [0.29, 0.717) is 23.9 Å². The molecule has 5 atom stereocenters. The zero-order valence-electron chi connectivity index (χ0n) is 17.1. The molecule has 1 aromatic rings. The minimum atomic E-state index is -0.744. The highest BCUT2D eigenvalue weighted by Crippen LogP contribution is 2.43. The van der Waals surface area contributed by atoms with Crippen LogP contribution in [0, 0.1) is 0 Å². The van der Waals surface area contributed by atoms with E-state index < -0.39 is 30.1 Å². The van der Waals surface area contributed by atoms with Gasteiger partial charge in [0.15, 0.2) is 41.6 Å². The lowest BCUT2D eigenvalue weighted by atomic mass is 10.1. The van der Waals surface area contributed by atoms with Crippen LogP contribution in [0.15, 0.2) is 18.2 Å². The van der Waals surface area contributed by atoms with Crippen molar-refractivity contribution in [2.24, 2.45) is 0 Å². The van der Waals surface area contributed by atoms with Gasteiger partial charge < -0.3 is 37.9 Å². The van der Waals surface area contributed by atoms with Crippen LogP contribution in [0.4, 0.5) is 0 Å². The number of benzene rings is 1. The zero-order valence-corrected chi connectivity index (χ0v) is 17.1. The standard InChI is InChI=1S/C20H28O8/c1-19(2)23-10-14(26-19)15-16(17-18(25-15)28-20(3,4)27-17)24-11-7-8-12(21-5)13(9-11)22-6/h7-9,14-18H,10H2,1-6H3/t14-,15+,16-,17+,18+/m0/s1. The fourth-order valence-corrected chi connectivity index (χ4v) is 3.86. The van der Waals surface area contributed by atoms with Crippen molar-refractivity contribution in [3.8, 4) is 17.2 Å². The van der Waals surface area contributed by atoms with Gasteiger partial charge in [0.25, 0.3) is 0 Å². The van der Waals surface area contributed by atoms with E-state index in [9.17, 15) is 0 Å². The maximum atomic E-state index is 6.32. The molecule has 0 amide bonds. The second-order valence-corrected chi connectivity index (χ2v) is 8.04. The maximum absolute atomic E-state index is 6.32. The van der Waals surface area contributed by atoms with E-state index in [0.717, 1.165) is 0 Å². The van der Waals surface area contributed by atoms with Crippen LogP contribution >= 0.6 is 0 Å². The van der Waals surface area contributed by atoms with Crippen LogP contribution in [0.2, 0.25) is 0 Å². The lowest BCUT2D eigenvalue weighted by Gasteiger charge is -2.29. The van der Waals surface area contributed by atoms with E-state index in [-0.39, 0.29) is 12.2 Å². The highest BCUT2D eigenvalue weighted by atomic mass is 16.8. The molecule has 156 valence electrons. The second-order valence-electron chi connectivity index (χ2n) is 8.04. The maximum Gasteiger partial charge on any atom is 0.191 e. The third-order valence-electron chi connectivity index (χ3n) is 5.05. The molecule has 3 saturated heterocycles. The van der Waals surface area contributed by atoms with Gasteiger partial charge in [0, 0.05) is 6.07 Å². The molecule has 0 unspecified atom stereocenters. The number of methoxy groups -OCH3 is 2. The van der Waals surface area contributed by atoms with Gasteiger partial charge in [-0.25, -0.2) is 0 Å². The minimum Gasteiger partial charge on any atom is -0.493 e. The summed E-state index contributed by atoms with van der Waals surface area (Å²) < 4.78 is 46.9. The predicted octanol–water partition coefficient (Wildman–Crippen LogP) is 2.48. The monoisotopic (exact) mass is 396 g/mol. The molecule has 3 aliphatic heterocycles. The topological polar surface area (TPSA) is 73.8 Å². The van der Waals surface area contributed by atoms with Crippen molar-refractivity contribution < 1.29 is 37.9 Å². The highest BCUT2D eigenvalue weighted by molar-refractivity contribution is 5.45. The van der Waals surface area contributed by atoms with Gasteiger partial charge >= 0.3 is 0 Å². The van der Waals surface area contributed by atoms with Crippen LogP contribution in [-0.4, -0.2) is 63.1 Å². The number of hydrogen-bond acceptors (Lipinski definition) is 8. The molecule has 0 aromatic heterocycles. The summed E-state index contributed by atoms with van der Waals surface area (Å²) in [5.74, 6) is 0.413. The van der Waals surface area contributed by atoms with Gasteiger partial charge in [-0.15, -0.1) is 0 Å². The molecule has 3 heterocycles. The average Bonchev–Trinajstić information content (AvgIpc) is 3.25. The normalized spacial score (nSPS) is 35.6. The van der Waals surface area contributed by atoms with Crippen molar-refractivity contribution in [1.82, 2.24) is 0 Å². The minimum absolute atomic E-state index is 0.291. The van der Waals surface area contributed by atoms with Crippen molar-refractivity contribution >= 4 is 0 Å². The van der Waals surface area contributed by atoms with Gasteiger partial charge in [-0.3, -0.25) is 0 Å². The Kier molecular flexibility index (Phi) is 4.96. The summed E-state index contributed by atoms with van der Waals surface area (Å²) >= 11 is 0. The lowest BCUT2D eigenvalue weighted by molar-refractivity contribution is -0.230. The van der Waals surface area contributed by atoms with E-state index in [1.54, 1.807) is 26.4 Å². The van der Waals surface area contributed by atoms with Crippen LogP contribution in [0.5, 0.6) is 17.2 Å². The van der Waals surface area contributed by atoms with Crippen molar-refractivity contribution in [1.29, 1.82) is 0 Å². The molecule has 8 heteroatoms. The SMILES string of the molecule is COc1ccc(O[C@@H]2[C@H]3OC(C)(C)O[C@H]3O[C@@H]2[C@@H]2COC(C)(C)O2)cc1OC. The Balaban J connectivity index is 1.58. The third-order valence-corrected chi connectivity index (χ3v) is 5.05. The molecule has 0 radical (unpaired) electrons. The first-order valence-corrected chi connectivity index (χ1v) is 9.43. The summed E-state index contributed by atoms with van der Waals surface area (Å²) in [5.41, 5.74) is 0. The summed E-state index contributed by atoms with van der Waals surface area (Å²) in [6, 6.07) is 5.40. The molecule has 0 spiro atoms. The van der Waals surface area contributed by atoms with Crippen LogP contribution in [-0.2, 0) is 23.7 Å². The first-order chi connectivity index (χ1) is 13.2. The molecule has 3 aliphatic rings. The second kappa shape index (κ2) is 7.03. The molecule has 4 rings (SSSR count). The van der Waals surface area contributed by atoms with E-state index in [2.05, 4.69) is 0 Å². The molecule has 3 fully saturated rings. The van der Waals surface area contributed by atoms with Gasteiger partial charge in [0.05, 0.1) is 20.8 Å². The number of ether oxygens (including phenoxy) is 8. The van der Waals surface area contributed by atoms with Crippen molar-refractivity contribution in [2.45, 2.75) is 70.0 Å².